The lowest BCUT2D eigenvalue weighted by atomic mass is 10.0. The lowest BCUT2D eigenvalue weighted by Crippen LogP contribution is -2.35. The van der Waals surface area contributed by atoms with Crippen LogP contribution < -0.4 is 5.32 Å². The number of likely N-dealkylation sites (tertiary alicyclic amines) is 1. The highest BCUT2D eigenvalue weighted by Gasteiger charge is 2.29. The fourth-order valence-corrected chi connectivity index (χ4v) is 2.85. The molecule has 0 aromatic carbocycles. The highest BCUT2D eigenvalue weighted by molar-refractivity contribution is 5.68. The molecular weight excluding hydrogens is 264 g/mol. The van der Waals surface area contributed by atoms with Crippen LogP contribution in [0.1, 0.15) is 66.7 Å². The standard InChI is InChI=1S/C17H34N2O2/c1-6-8-15(7-2)18-11-9-14-10-12-19(13-14)16(20)21-17(3,4)5/h14-15,18H,6-13H2,1-5H3. The Morgan fingerprint density at radius 2 is 2.10 bits per heavy atom. The second kappa shape index (κ2) is 8.62. The SMILES string of the molecule is CCCC(CC)NCCC1CCN(C(=O)OC(C)(C)C)C1. The molecule has 4 nitrogen and oxygen atoms in total. The molecule has 0 spiro atoms. The number of carbonyl (C=O) groups excluding carboxylic acids is 1. The van der Waals surface area contributed by atoms with Crippen molar-refractivity contribution in [1.82, 2.24) is 10.2 Å². The summed E-state index contributed by atoms with van der Waals surface area (Å²) in [5.74, 6) is 0.615. The van der Waals surface area contributed by atoms with Crippen molar-refractivity contribution in [3.63, 3.8) is 0 Å². The van der Waals surface area contributed by atoms with Gasteiger partial charge in [-0.15, -0.1) is 0 Å². The van der Waals surface area contributed by atoms with Crippen molar-refractivity contribution in [2.45, 2.75) is 78.4 Å². The maximum absolute atomic E-state index is 12.0. The maximum atomic E-state index is 12.0. The highest BCUT2D eigenvalue weighted by Crippen LogP contribution is 2.21. The third-order valence-electron chi connectivity index (χ3n) is 4.05. The monoisotopic (exact) mass is 298 g/mol. The lowest BCUT2D eigenvalue weighted by molar-refractivity contribution is 0.0287. The lowest BCUT2D eigenvalue weighted by Gasteiger charge is -2.24. The molecule has 1 N–H and O–H groups in total. The van der Waals surface area contributed by atoms with Gasteiger partial charge < -0.3 is 15.0 Å². The maximum Gasteiger partial charge on any atom is 0.410 e. The minimum atomic E-state index is -0.398. The van der Waals surface area contributed by atoms with Crippen molar-refractivity contribution in [2.24, 2.45) is 5.92 Å². The molecule has 0 radical (unpaired) electrons. The molecule has 0 saturated carbocycles. The van der Waals surface area contributed by atoms with Crippen LogP contribution in [0.2, 0.25) is 0 Å². The molecule has 1 saturated heterocycles. The van der Waals surface area contributed by atoms with E-state index in [9.17, 15) is 4.79 Å². The van der Waals surface area contributed by atoms with Crippen LogP contribution in [0.3, 0.4) is 0 Å². The van der Waals surface area contributed by atoms with Gasteiger partial charge in [0.05, 0.1) is 0 Å². The fourth-order valence-electron chi connectivity index (χ4n) is 2.85. The van der Waals surface area contributed by atoms with Crippen molar-refractivity contribution in [1.29, 1.82) is 0 Å². The van der Waals surface area contributed by atoms with E-state index >= 15 is 0 Å². The number of nitrogens with one attached hydrogen (secondary N) is 1. The molecule has 21 heavy (non-hydrogen) atoms. The van der Waals surface area contributed by atoms with Gasteiger partial charge in [0, 0.05) is 19.1 Å². The van der Waals surface area contributed by atoms with E-state index in [1.807, 2.05) is 25.7 Å². The summed E-state index contributed by atoms with van der Waals surface area (Å²) in [6.07, 6.45) is 5.79. The molecule has 1 fully saturated rings. The van der Waals surface area contributed by atoms with Crippen LogP contribution in [0.25, 0.3) is 0 Å². The van der Waals surface area contributed by atoms with E-state index in [2.05, 4.69) is 19.2 Å². The van der Waals surface area contributed by atoms with Gasteiger partial charge in [-0.2, -0.15) is 0 Å². The molecule has 0 aromatic rings. The van der Waals surface area contributed by atoms with E-state index in [1.165, 1.54) is 19.3 Å². The summed E-state index contributed by atoms with van der Waals surface area (Å²) >= 11 is 0. The third kappa shape index (κ3) is 7.16. The fraction of sp³-hybridized carbons (Fsp3) is 0.941. The summed E-state index contributed by atoms with van der Waals surface area (Å²) in [7, 11) is 0. The Labute approximate surface area is 130 Å². The summed E-state index contributed by atoms with van der Waals surface area (Å²) in [5.41, 5.74) is -0.398. The van der Waals surface area contributed by atoms with Gasteiger partial charge in [-0.25, -0.2) is 4.79 Å². The molecule has 1 heterocycles. The van der Waals surface area contributed by atoms with E-state index in [0.717, 1.165) is 32.5 Å². The van der Waals surface area contributed by atoms with Crippen LogP contribution in [0.15, 0.2) is 0 Å². The summed E-state index contributed by atoms with van der Waals surface area (Å²) in [4.78, 5) is 13.9. The molecule has 1 amide bonds. The Kier molecular flexibility index (Phi) is 7.50. The molecule has 1 aliphatic rings. The number of rotatable bonds is 7. The molecule has 0 aliphatic carbocycles. The molecule has 4 heteroatoms. The van der Waals surface area contributed by atoms with Gasteiger partial charge in [0.2, 0.25) is 0 Å². The van der Waals surface area contributed by atoms with Gasteiger partial charge in [0.1, 0.15) is 5.60 Å². The van der Waals surface area contributed by atoms with Crippen LogP contribution in [0.4, 0.5) is 4.79 Å². The first-order chi connectivity index (χ1) is 9.85. The first-order valence-corrected chi connectivity index (χ1v) is 8.57. The van der Waals surface area contributed by atoms with E-state index in [-0.39, 0.29) is 6.09 Å². The minimum Gasteiger partial charge on any atom is -0.444 e. The summed E-state index contributed by atoms with van der Waals surface area (Å²) in [6, 6.07) is 0.651. The Bertz CT molecular complexity index is 312. The molecule has 0 bridgehead atoms. The quantitative estimate of drug-likeness (QED) is 0.777. The summed E-state index contributed by atoms with van der Waals surface area (Å²) in [6.45, 7) is 13.0. The number of nitrogens with zero attached hydrogens (tertiary/aromatic N) is 1. The Hall–Kier alpha value is -0.770. The smallest absolute Gasteiger partial charge is 0.410 e. The van der Waals surface area contributed by atoms with Crippen LogP contribution in [-0.2, 0) is 4.74 Å². The van der Waals surface area contributed by atoms with Crippen molar-refractivity contribution in [3.05, 3.63) is 0 Å². The molecule has 1 rings (SSSR count). The van der Waals surface area contributed by atoms with Crippen molar-refractivity contribution >= 4 is 6.09 Å². The average Bonchev–Trinajstić information content (AvgIpc) is 2.84. The Morgan fingerprint density at radius 3 is 2.67 bits per heavy atom. The summed E-state index contributed by atoms with van der Waals surface area (Å²) < 4.78 is 5.43. The first kappa shape index (κ1) is 18.3. The minimum absolute atomic E-state index is 0.157. The predicted octanol–water partition coefficient (Wildman–Crippen LogP) is 3.80. The van der Waals surface area contributed by atoms with Crippen molar-refractivity contribution in [2.75, 3.05) is 19.6 Å². The normalized spacial score (nSPS) is 20.6. The van der Waals surface area contributed by atoms with Crippen LogP contribution in [0.5, 0.6) is 0 Å². The number of amides is 1. The van der Waals surface area contributed by atoms with Crippen LogP contribution in [0, 0.1) is 5.92 Å². The Balaban J connectivity index is 2.24. The molecular formula is C17H34N2O2. The zero-order valence-corrected chi connectivity index (χ0v) is 14.6. The molecule has 1 aliphatic heterocycles. The first-order valence-electron chi connectivity index (χ1n) is 8.57. The average molecular weight is 298 g/mol. The van der Waals surface area contributed by atoms with Crippen molar-refractivity contribution in [3.8, 4) is 0 Å². The van der Waals surface area contributed by atoms with Gasteiger partial charge in [-0.1, -0.05) is 20.3 Å². The van der Waals surface area contributed by atoms with E-state index in [4.69, 9.17) is 4.74 Å². The van der Waals surface area contributed by atoms with Gasteiger partial charge in [0.15, 0.2) is 0 Å². The van der Waals surface area contributed by atoms with Gasteiger partial charge >= 0.3 is 6.09 Å². The topological polar surface area (TPSA) is 41.6 Å². The summed E-state index contributed by atoms with van der Waals surface area (Å²) in [5, 5.41) is 3.64. The zero-order valence-electron chi connectivity index (χ0n) is 14.6. The Morgan fingerprint density at radius 1 is 1.38 bits per heavy atom. The number of ether oxygens (including phenoxy) is 1. The van der Waals surface area contributed by atoms with Crippen LogP contribution in [-0.4, -0.2) is 42.3 Å². The second-order valence-electron chi connectivity index (χ2n) is 7.22. The predicted molar refractivity (Wildman–Crippen MR) is 87.5 cm³/mol. The van der Waals surface area contributed by atoms with E-state index in [0.29, 0.717) is 12.0 Å². The van der Waals surface area contributed by atoms with Gasteiger partial charge in [0.25, 0.3) is 0 Å². The molecule has 2 unspecified atom stereocenters. The largest absolute Gasteiger partial charge is 0.444 e. The zero-order chi connectivity index (χ0) is 15.9. The highest BCUT2D eigenvalue weighted by atomic mass is 16.6. The molecule has 0 aromatic heterocycles. The van der Waals surface area contributed by atoms with E-state index < -0.39 is 5.60 Å². The number of hydrogen-bond donors (Lipinski definition) is 1. The molecule has 124 valence electrons. The van der Waals surface area contributed by atoms with Crippen LogP contribution >= 0.6 is 0 Å². The molecule has 2 atom stereocenters. The van der Waals surface area contributed by atoms with Gasteiger partial charge in [-0.05, 0) is 58.9 Å². The van der Waals surface area contributed by atoms with Gasteiger partial charge in [-0.3, -0.25) is 0 Å². The number of carbonyl (C=O) groups is 1. The van der Waals surface area contributed by atoms with Crippen molar-refractivity contribution < 1.29 is 9.53 Å². The third-order valence-corrected chi connectivity index (χ3v) is 4.05. The number of hydrogen-bond acceptors (Lipinski definition) is 3. The second-order valence-corrected chi connectivity index (χ2v) is 7.22. The van der Waals surface area contributed by atoms with E-state index in [1.54, 1.807) is 0 Å².